The van der Waals surface area contributed by atoms with E-state index in [0.717, 1.165) is 25.8 Å². The second kappa shape index (κ2) is 5.33. The van der Waals surface area contributed by atoms with Crippen molar-refractivity contribution in [2.75, 3.05) is 12.3 Å². The second-order valence-electron chi connectivity index (χ2n) is 5.24. The molecule has 0 aliphatic heterocycles. The molecule has 0 radical (unpaired) electrons. The number of nitrogens with two attached hydrogens (primary N) is 1. The number of hydrogen-bond donors (Lipinski definition) is 1. The molecule has 1 amide bonds. The lowest BCUT2D eigenvalue weighted by atomic mass is 10.1. The molecule has 1 fully saturated rings. The molecule has 0 unspecified atom stereocenters. The summed E-state index contributed by atoms with van der Waals surface area (Å²) in [5, 5.41) is 0. The van der Waals surface area contributed by atoms with Crippen LogP contribution < -0.4 is 5.73 Å². The zero-order chi connectivity index (χ0) is 13.1. The normalized spacial score (nSPS) is 14.8. The molecular formula is C13H20N4O. The first-order valence-electron chi connectivity index (χ1n) is 6.46. The zero-order valence-corrected chi connectivity index (χ0v) is 11.0. The monoisotopic (exact) mass is 248 g/mol. The summed E-state index contributed by atoms with van der Waals surface area (Å²) in [6, 6.07) is 0.388. The van der Waals surface area contributed by atoms with Crippen LogP contribution in [0, 0.1) is 5.92 Å². The van der Waals surface area contributed by atoms with E-state index in [1.165, 1.54) is 12.4 Å². The SMILES string of the molecule is CC(C)CCN(C(=O)c1cncc(N)n1)C1CC1. The Hall–Kier alpha value is -1.65. The first-order valence-corrected chi connectivity index (χ1v) is 6.46. The third kappa shape index (κ3) is 3.18. The smallest absolute Gasteiger partial charge is 0.274 e. The molecule has 0 aromatic carbocycles. The third-order valence-electron chi connectivity index (χ3n) is 3.07. The van der Waals surface area contributed by atoms with Crippen LogP contribution in [0.1, 0.15) is 43.6 Å². The van der Waals surface area contributed by atoms with Gasteiger partial charge in [-0.25, -0.2) is 4.98 Å². The van der Waals surface area contributed by atoms with Crippen molar-refractivity contribution in [3.63, 3.8) is 0 Å². The summed E-state index contributed by atoms with van der Waals surface area (Å²) in [6.07, 6.45) is 6.15. The van der Waals surface area contributed by atoms with Gasteiger partial charge in [-0.15, -0.1) is 0 Å². The first kappa shape index (κ1) is 12.8. The van der Waals surface area contributed by atoms with Gasteiger partial charge >= 0.3 is 0 Å². The number of amides is 1. The van der Waals surface area contributed by atoms with Crippen LogP contribution in [0.4, 0.5) is 5.82 Å². The predicted molar refractivity (Wildman–Crippen MR) is 70.0 cm³/mol. The molecule has 1 aliphatic carbocycles. The number of carbonyl (C=O) groups is 1. The Morgan fingerprint density at radius 1 is 1.50 bits per heavy atom. The van der Waals surface area contributed by atoms with E-state index in [9.17, 15) is 4.79 Å². The van der Waals surface area contributed by atoms with Crippen molar-refractivity contribution in [3.05, 3.63) is 18.1 Å². The maximum Gasteiger partial charge on any atom is 0.274 e. The quantitative estimate of drug-likeness (QED) is 0.861. The molecule has 1 aliphatic rings. The molecule has 2 N–H and O–H groups in total. The Balaban J connectivity index is 2.08. The van der Waals surface area contributed by atoms with Crippen LogP contribution in [0.25, 0.3) is 0 Å². The minimum atomic E-state index is -0.0436. The van der Waals surface area contributed by atoms with Crippen LogP contribution in [0.2, 0.25) is 0 Å². The number of nitrogen functional groups attached to an aromatic ring is 1. The van der Waals surface area contributed by atoms with Crippen LogP contribution >= 0.6 is 0 Å². The van der Waals surface area contributed by atoms with E-state index in [1.54, 1.807) is 0 Å². The van der Waals surface area contributed by atoms with Crippen LogP contribution in [-0.4, -0.2) is 33.4 Å². The van der Waals surface area contributed by atoms with Crippen molar-refractivity contribution in [2.45, 2.75) is 39.2 Å². The summed E-state index contributed by atoms with van der Waals surface area (Å²) in [4.78, 5) is 22.3. The molecule has 0 spiro atoms. The maximum atomic E-state index is 12.4. The molecule has 1 saturated carbocycles. The van der Waals surface area contributed by atoms with E-state index < -0.39 is 0 Å². The number of hydrogen-bond acceptors (Lipinski definition) is 4. The van der Waals surface area contributed by atoms with E-state index >= 15 is 0 Å². The van der Waals surface area contributed by atoms with Gasteiger partial charge in [-0.1, -0.05) is 13.8 Å². The minimum Gasteiger partial charge on any atom is -0.382 e. The summed E-state index contributed by atoms with van der Waals surface area (Å²) in [7, 11) is 0. The summed E-state index contributed by atoms with van der Waals surface area (Å²) in [5.74, 6) is 0.837. The van der Waals surface area contributed by atoms with Gasteiger partial charge in [-0.3, -0.25) is 9.78 Å². The minimum absolute atomic E-state index is 0.0436. The van der Waals surface area contributed by atoms with Crippen LogP contribution in [-0.2, 0) is 0 Å². The molecule has 5 nitrogen and oxygen atoms in total. The number of carbonyl (C=O) groups excluding carboxylic acids is 1. The summed E-state index contributed by atoms with van der Waals surface area (Å²) in [5.41, 5.74) is 5.92. The molecule has 1 aromatic heterocycles. The fraction of sp³-hybridized carbons (Fsp3) is 0.615. The van der Waals surface area contributed by atoms with E-state index in [4.69, 9.17) is 5.73 Å². The highest BCUT2D eigenvalue weighted by molar-refractivity contribution is 5.92. The summed E-state index contributed by atoms with van der Waals surface area (Å²) < 4.78 is 0. The van der Waals surface area contributed by atoms with E-state index in [1.807, 2.05) is 4.90 Å². The van der Waals surface area contributed by atoms with Gasteiger partial charge in [0.25, 0.3) is 5.91 Å². The van der Waals surface area contributed by atoms with Crippen molar-refractivity contribution in [2.24, 2.45) is 5.92 Å². The van der Waals surface area contributed by atoms with Crippen LogP contribution in [0.5, 0.6) is 0 Å². The van der Waals surface area contributed by atoms with Gasteiger partial charge in [0.1, 0.15) is 11.5 Å². The van der Waals surface area contributed by atoms with Gasteiger partial charge in [0, 0.05) is 12.6 Å². The van der Waals surface area contributed by atoms with Crippen molar-refractivity contribution in [3.8, 4) is 0 Å². The van der Waals surface area contributed by atoms with Gasteiger partial charge < -0.3 is 10.6 Å². The van der Waals surface area contributed by atoms with Gasteiger partial charge in [-0.2, -0.15) is 0 Å². The van der Waals surface area contributed by atoms with E-state index in [0.29, 0.717) is 23.5 Å². The fourth-order valence-corrected chi connectivity index (χ4v) is 1.86. The van der Waals surface area contributed by atoms with Gasteiger partial charge in [0.2, 0.25) is 0 Å². The number of nitrogens with zero attached hydrogens (tertiary/aromatic N) is 3. The second-order valence-corrected chi connectivity index (χ2v) is 5.24. The lowest BCUT2D eigenvalue weighted by Crippen LogP contribution is -2.35. The first-order chi connectivity index (χ1) is 8.58. The molecular weight excluding hydrogens is 228 g/mol. The van der Waals surface area contributed by atoms with Crippen molar-refractivity contribution in [1.29, 1.82) is 0 Å². The Bertz CT molecular complexity index is 429. The lowest BCUT2D eigenvalue weighted by Gasteiger charge is -2.22. The number of rotatable bonds is 5. The van der Waals surface area contributed by atoms with Crippen molar-refractivity contribution in [1.82, 2.24) is 14.9 Å². The van der Waals surface area contributed by atoms with Crippen LogP contribution in [0.3, 0.4) is 0 Å². The third-order valence-corrected chi connectivity index (χ3v) is 3.07. The molecule has 0 atom stereocenters. The van der Waals surface area contributed by atoms with Crippen molar-refractivity contribution < 1.29 is 4.79 Å². The van der Waals surface area contributed by atoms with Gasteiger partial charge in [0.05, 0.1) is 12.4 Å². The summed E-state index contributed by atoms with van der Waals surface area (Å²) in [6.45, 7) is 5.11. The highest BCUT2D eigenvalue weighted by Gasteiger charge is 2.33. The average molecular weight is 248 g/mol. The van der Waals surface area contributed by atoms with Crippen molar-refractivity contribution >= 4 is 11.7 Å². The van der Waals surface area contributed by atoms with Gasteiger partial charge in [0.15, 0.2) is 0 Å². The molecule has 18 heavy (non-hydrogen) atoms. The molecule has 98 valence electrons. The largest absolute Gasteiger partial charge is 0.382 e. The average Bonchev–Trinajstić information content (AvgIpc) is 3.13. The Morgan fingerprint density at radius 3 is 2.78 bits per heavy atom. The Morgan fingerprint density at radius 2 is 2.22 bits per heavy atom. The molecule has 0 bridgehead atoms. The topological polar surface area (TPSA) is 72.1 Å². The fourth-order valence-electron chi connectivity index (χ4n) is 1.86. The molecule has 1 aromatic rings. The zero-order valence-electron chi connectivity index (χ0n) is 11.0. The highest BCUT2D eigenvalue weighted by Crippen LogP contribution is 2.28. The highest BCUT2D eigenvalue weighted by atomic mass is 16.2. The van der Waals surface area contributed by atoms with Crippen LogP contribution in [0.15, 0.2) is 12.4 Å². The number of aromatic nitrogens is 2. The Labute approximate surface area is 107 Å². The Kier molecular flexibility index (Phi) is 3.79. The predicted octanol–water partition coefficient (Wildman–Crippen LogP) is 1.71. The van der Waals surface area contributed by atoms with E-state index in [-0.39, 0.29) is 5.91 Å². The standard InChI is InChI=1S/C13H20N4O/c1-9(2)5-6-17(10-3-4-10)13(18)11-7-15-8-12(14)16-11/h7-10H,3-6H2,1-2H3,(H2,14,16). The molecule has 2 rings (SSSR count). The van der Waals surface area contributed by atoms with Gasteiger partial charge in [-0.05, 0) is 25.2 Å². The summed E-state index contributed by atoms with van der Waals surface area (Å²) >= 11 is 0. The molecule has 1 heterocycles. The van der Waals surface area contributed by atoms with E-state index in [2.05, 4.69) is 23.8 Å². The molecule has 5 heteroatoms. The molecule has 0 saturated heterocycles. The maximum absolute atomic E-state index is 12.4. The number of anilines is 1. The lowest BCUT2D eigenvalue weighted by molar-refractivity contribution is 0.0729.